The molecule has 0 radical (unpaired) electrons. The highest BCUT2D eigenvalue weighted by Crippen LogP contribution is 2.02. The van der Waals surface area contributed by atoms with Gasteiger partial charge in [0, 0.05) is 0 Å². The summed E-state index contributed by atoms with van der Waals surface area (Å²) in [5.74, 6) is -1.98. The third-order valence-electron chi connectivity index (χ3n) is 2.34. The number of methoxy groups -OCH3 is 1. The zero-order valence-corrected chi connectivity index (χ0v) is 11.6. The summed E-state index contributed by atoms with van der Waals surface area (Å²) in [6.07, 6.45) is 1.29. The van der Waals surface area contributed by atoms with Crippen LogP contribution in [0.1, 0.15) is 12.6 Å². The van der Waals surface area contributed by atoms with Gasteiger partial charge in [-0.15, -0.1) is 5.10 Å². The van der Waals surface area contributed by atoms with Gasteiger partial charge in [-0.25, -0.2) is 17.8 Å². The summed E-state index contributed by atoms with van der Waals surface area (Å²) in [7, 11) is -2.81. The van der Waals surface area contributed by atoms with E-state index in [0.717, 1.165) is 11.8 Å². The number of carbonyl (C=O) groups is 2. The van der Waals surface area contributed by atoms with E-state index in [-0.39, 0.29) is 18.8 Å². The van der Waals surface area contributed by atoms with Crippen molar-refractivity contribution in [3.8, 4) is 0 Å². The van der Waals surface area contributed by atoms with E-state index in [1.165, 1.54) is 13.1 Å². The number of hydrogen-bond acceptors (Lipinski definition) is 7. The first-order valence-corrected chi connectivity index (χ1v) is 6.98. The quantitative estimate of drug-likeness (QED) is 0.570. The van der Waals surface area contributed by atoms with E-state index >= 15 is 0 Å². The molecule has 112 valence electrons. The molecule has 0 saturated heterocycles. The van der Waals surface area contributed by atoms with Gasteiger partial charge in [0.25, 0.3) is 0 Å². The largest absolute Gasteiger partial charge is 0.480 e. The van der Waals surface area contributed by atoms with Crippen LogP contribution in [-0.2, 0) is 37.4 Å². The van der Waals surface area contributed by atoms with Crippen LogP contribution in [0.2, 0.25) is 0 Å². The van der Waals surface area contributed by atoms with Gasteiger partial charge in [-0.05, 0) is 6.92 Å². The van der Waals surface area contributed by atoms with E-state index in [9.17, 15) is 18.0 Å². The number of esters is 1. The molecule has 11 heteroatoms. The second-order valence-corrected chi connectivity index (χ2v) is 5.92. The maximum Gasteiger partial charge on any atom is 0.325 e. The van der Waals surface area contributed by atoms with Crippen LogP contribution in [0.5, 0.6) is 0 Å². The number of carboxylic acid groups (broad SMARTS) is 1. The number of rotatable bonds is 7. The van der Waals surface area contributed by atoms with Crippen molar-refractivity contribution in [2.75, 3.05) is 7.11 Å². The molecule has 0 saturated carbocycles. The first kappa shape index (κ1) is 16.0. The van der Waals surface area contributed by atoms with Crippen LogP contribution in [0, 0.1) is 0 Å². The highest BCUT2D eigenvalue weighted by atomic mass is 32.2. The first-order valence-electron chi connectivity index (χ1n) is 5.43. The van der Waals surface area contributed by atoms with Gasteiger partial charge >= 0.3 is 11.9 Å². The predicted molar refractivity (Wildman–Crippen MR) is 64.9 cm³/mol. The Kier molecular flexibility index (Phi) is 5.16. The topological polar surface area (TPSA) is 140 Å². The van der Waals surface area contributed by atoms with Crippen LogP contribution < -0.4 is 4.72 Å². The SMILES string of the molecule is COC(=O)C(C)S(=O)(=O)NCc1cn(CC(=O)O)nn1. The molecule has 1 unspecified atom stereocenters. The van der Waals surface area contributed by atoms with Crippen LogP contribution in [0.25, 0.3) is 0 Å². The monoisotopic (exact) mass is 306 g/mol. The molecule has 1 aromatic rings. The van der Waals surface area contributed by atoms with E-state index < -0.39 is 27.2 Å². The molecular weight excluding hydrogens is 292 g/mol. The number of hydrogen-bond donors (Lipinski definition) is 2. The Balaban J connectivity index is 2.64. The fourth-order valence-electron chi connectivity index (χ4n) is 1.23. The van der Waals surface area contributed by atoms with Crippen LogP contribution >= 0.6 is 0 Å². The van der Waals surface area contributed by atoms with Crippen LogP contribution in [0.15, 0.2) is 6.20 Å². The standard InChI is InChI=1S/C9H14N4O6S/c1-6(9(16)19-2)20(17,18)10-3-7-4-13(12-11-7)5-8(14)15/h4,6,10H,3,5H2,1-2H3,(H,14,15). The fourth-order valence-corrected chi connectivity index (χ4v) is 2.18. The minimum Gasteiger partial charge on any atom is -0.480 e. The molecule has 1 heterocycles. The summed E-state index contributed by atoms with van der Waals surface area (Å²) in [6.45, 7) is 0.608. The Morgan fingerprint density at radius 3 is 2.75 bits per heavy atom. The van der Waals surface area contributed by atoms with Gasteiger partial charge < -0.3 is 9.84 Å². The number of aromatic nitrogens is 3. The van der Waals surface area contributed by atoms with Gasteiger partial charge in [0.1, 0.15) is 6.54 Å². The van der Waals surface area contributed by atoms with Crippen molar-refractivity contribution in [1.82, 2.24) is 19.7 Å². The molecule has 0 aliphatic heterocycles. The average Bonchev–Trinajstić information content (AvgIpc) is 2.81. The summed E-state index contributed by atoms with van der Waals surface area (Å²) in [5.41, 5.74) is 0.229. The van der Waals surface area contributed by atoms with E-state index in [2.05, 4.69) is 19.8 Å². The van der Waals surface area contributed by atoms with E-state index in [1.807, 2.05) is 0 Å². The summed E-state index contributed by atoms with van der Waals surface area (Å²) in [6, 6.07) is 0. The maximum absolute atomic E-state index is 11.7. The van der Waals surface area contributed by atoms with Crippen molar-refractivity contribution in [3.05, 3.63) is 11.9 Å². The Bertz CT molecular complexity index is 595. The van der Waals surface area contributed by atoms with Gasteiger partial charge in [0.15, 0.2) is 5.25 Å². The second-order valence-electron chi connectivity index (χ2n) is 3.83. The molecular formula is C9H14N4O6S. The van der Waals surface area contributed by atoms with E-state index in [1.54, 1.807) is 0 Å². The number of carboxylic acids is 1. The molecule has 0 spiro atoms. The lowest BCUT2D eigenvalue weighted by Crippen LogP contribution is -2.37. The van der Waals surface area contributed by atoms with Gasteiger partial charge in [0.2, 0.25) is 10.0 Å². The summed E-state index contributed by atoms with van der Waals surface area (Å²) in [5, 5.41) is 14.3. The minimum atomic E-state index is -3.90. The van der Waals surface area contributed by atoms with Crippen LogP contribution in [0.4, 0.5) is 0 Å². The molecule has 1 rings (SSSR count). The Hall–Kier alpha value is -2.01. The lowest BCUT2D eigenvalue weighted by atomic mass is 10.5. The van der Waals surface area contributed by atoms with E-state index in [0.29, 0.717) is 0 Å². The van der Waals surface area contributed by atoms with Gasteiger partial charge in [0.05, 0.1) is 25.5 Å². The lowest BCUT2D eigenvalue weighted by molar-refractivity contribution is -0.140. The second kappa shape index (κ2) is 6.43. The Morgan fingerprint density at radius 2 is 2.20 bits per heavy atom. The van der Waals surface area contributed by atoms with E-state index in [4.69, 9.17) is 5.11 Å². The molecule has 0 aliphatic carbocycles. The number of nitrogens with one attached hydrogen (secondary N) is 1. The molecule has 20 heavy (non-hydrogen) atoms. The molecule has 2 N–H and O–H groups in total. The van der Waals surface area contributed by atoms with Crippen molar-refractivity contribution < 1.29 is 27.9 Å². The van der Waals surface area contributed by atoms with Crippen molar-refractivity contribution in [2.45, 2.75) is 25.3 Å². The van der Waals surface area contributed by atoms with Crippen LogP contribution in [-0.4, -0.2) is 52.8 Å². The van der Waals surface area contributed by atoms with Crippen molar-refractivity contribution in [3.63, 3.8) is 0 Å². The zero-order valence-electron chi connectivity index (χ0n) is 10.8. The number of ether oxygens (including phenoxy) is 1. The smallest absolute Gasteiger partial charge is 0.325 e. The molecule has 1 aromatic heterocycles. The Labute approximate surface area is 114 Å². The molecule has 0 fully saturated rings. The summed E-state index contributed by atoms with van der Waals surface area (Å²) >= 11 is 0. The summed E-state index contributed by atoms with van der Waals surface area (Å²) in [4.78, 5) is 21.6. The fraction of sp³-hybridized carbons (Fsp3) is 0.556. The van der Waals surface area contributed by atoms with Crippen molar-refractivity contribution >= 4 is 22.0 Å². The summed E-state index contributed by atoms with van der Waals surface area (Å²) < 4.78 is 31.0. The van der Waals surface area contributed by atoms with Crippen molar-refractivity contribution in [1.29, 1.82) is 0 Å². The van der Waals surface area contributed by atoms with Gasteiger partial charge in [-0.1, -0.05) is 5.21 Å². The zero-order chi connectivity index (χ0) is 15.3. The molecule has 1 atom stereocenters. The molecule has 0 aromatic carbocycles. The Morgan fingerprint density at radius 1 is 1.55 bits per heavy atom. The van der Waals surface area contributed by atoms with Crippen LogP contribution in [0.3, 0.4) is 0 Å². The third-order valence-corrected chi connectivity index (χ3v) is 4.01. The lowest BCUT2D eigenvalue weighted by Gasteiger charge is -2.10. The first-order chi connectivity index (χ1) is 9.26. The molecule has 0 aliphatic rings. The number of nitrogens with zero attached hydrogens (tertiary/aromatic N) is 3. The number of sulfonamides is 1. The number of aliphatic carboxylic acids is 1. The predicted octanol–water partition coefficient (Wildman–Crippen LogP) is -1.66. The maximum atomic E-state index is 11.7. The molecule has 0 bridgehead atoms. The third kappa shape index (κ3) is 4.28. The van der Waals surface area contributed by atoms with Crippen molar-refractivity contribution in [2.24, 2.45) is 0 Å². The average molecular weight is 306 g/mol. The highest BCUT2D eigenvalue weighted by Gasteiger charge is 2.28. The normalized spacial score (nSPS) is 12.9. The minimum absolute atomic E-state index is 0.205. The van der Waals surface area contributed by atoms with Gasteiger partial charge in [-0.3, -0.25) is 9.59 Å². The molecule has 0 amide bonds. The highest BCUT2D eigenvalue weighted by molar-refractivity contribution is 7.90. The molecule has 10 nitrogen and oxygen atoms in total. The van der Waals surface area contributed by atoms with Gasteiger partial charge in [-0.2, -0.15) is 0 Å². The number of carbonyl (C=O) groups excluding carboxylic acids is 1.